The molecule has 2 saturated heterocycles. The Hall–Kier alpha value is -2.95. The standard InChI is InChI=1S/C16H22ClN3O3S.C11H11Cl2NO3S.C11H16ClN3O3S/c1-16(2,3)15-18-12-6-5-11(17)14(13(12)23-15)24(21,22)20-9-7-19(4)8-10-20;1-11(2,3)10-14-7-5-4-6(12)9(8(7)17-10)18(13,15)16;1-14-4-6-15(7-5-14)19(17,18)11-8(12)2-3-9(13)10(11)16/h5-6H,7-10H2,1-4H3;4-5H,1-3H3;2-3,16H,4-7,13H2,1H3. The largest absolute Gasteiger partial charge is 0.504 e. The summed E-state index contributed by atoms with van der Waals surface area (Å²) in [7, 11) is -2.28. The Bertz CT molecular complexity index is 2750. The maximum atomic E-state index is 13.1. The number of nitrogens with zero attached hydrogens (tertiary/aromatic N) is 6. The molecule has 0 spiro atoms. The van der Waals surface area contributed by atoms with E-state index < -0.39 is 34.8 Å². The number of hydrogen-bond acceptors (Lipinski definition) is 14. The number of anilines is 1. The molecule has 2 aliphatic heterocycles. The molecule has 7 rings (SSSR count). The van der Waals surface area contributed by atoms with Gasteiger partial charge in [0.15, 0.2) is 16.9 Å². The fourth-order valence-corrected chi connectivity index (χ4v) is 11.9. The van der Waals surface area contributed by atoms with Gasteiger partial charge in [-0.05, 0) is 50.5 Å². The van der Waals surface area contributed by atoms with Crippen LogP contribution in [0.3, 0.4) is 0 Å². The average molecular weight is 986 g/mol. The number of phenols is 1. The van der Waals surface area contributed by atoms with E-state index in [0.29, 0.717) is 75.2 Å². The summed E-state index contributed by atoms with van der Waals surface area (Å²) in [6.45, 7) is 15.9. The van der Waals surface area contributed by atoms with Crippen LogP contribution in [-0.4, -0.2) is 125 Å². The van der Waals surface area contributed by atoms with Gasteiger partial charge in [-0.2, -0.15) is 8.61 Å². The number of sulfonamides is 2. The number of hydrogen-bond donors (Lipinski definition) is 2. The molecule has 0 saturated carbocycles. The number of piperazine rings is 2. The number of aromatic nitrogens is 2. The van der Waals surface area contributed by atoms with Crippen LogP contribution in [0.15, 0.2) is 59.9 Å². The topological polar surface area (TPSA) is 214 Å². The summed E-state index contributed by atoms with van der Waals surface area (Å²) >= 11 is 18.0. The Balaban J connectivity index is 0.000000176. The molecular formula is C38H49Cl4N7O9S3. The molecule has 0 amide bonds. The highest BCUT2D eigenvalue weighted by Gasteiger charge is 2.35. The van der Waals surface area contributed by atoms with E-state index in [9.17, 15) is 30.4 Å². The highest BCUT2D eigenvalue weighted by molar-refractivity contribution is 8.14. The maximum absolute atomic E-state index is 13.1. The number of likely N-dealkylation sites (N-methyl/N-ethyl adjacent to an activating group) is 2. The van der Waals surface area contributed by atoms with E-state index in [1.54, 1.807) is 18.2 Å². The van der Waals surface area contributed by atoms with E-state index >= 15 is 0 Å². The van der Waals surface area contributed by atoms with Crippen LogP contribution in [0.1, 0.15) is 53.3 Å². The van der Waals surface area contributed by atoms with E-state index in [2.05, 4.69) is 14.9 Å². The molecule has 0 bridgehead atoms. The summed E-state index contributed by atoms with van der Waals surface area (Å²) in [6, 6.07) is 9.05. The van der Waals surface area contributed by atoms with Crippen molar-refractivity contribution >= 4 is 102 Å². The quantitative estimate of drug-likeness (QED) is 0.103. The Morgan fingerprint density at radius 1 is 0.590 bits per heavy atom. The lowest BCUT2D eigenvalue weighted by Gasteiger charge is -2.31. The molecule has 2 aliphatic rings. The zero-order valence-corrected chi connectivity index (χ0v) is 40.3. The van der Waals surface area contributed by atoms with Gasteiger partial charge in [0.2, 0.25) is 31.8 Å². The second-order valence-electron chi connectivity index (χ2n) is 16.7. The molecule has 5 aromatic rings. The third-order valence-electron chi connectivity index (χ3n) is 9.69. The molecule has 0 unspecified atom stereocenters. The summed E-state index contributed by atoms with van der Waals surface area (Å²) in [5, 5.41) is 10.0. The van der Waals surface area contributed by atoms with E-state index in [0.717, 1.165) is 0 Å². The van der Waals surface area contributed by atoms with Crippen molar-refractivity contribution in [3.8, 4) is 5.75 Å². The van der Waals surface area contributed by atoms with Crippen LogP contribution in [0.4, 0.5) is 5.69 Å². The van der Waals surface area contributed by atoms with Gasteiger partial charge in [-0.1, -0.05) is 76.3 Å². The number of benzene rings is 3. The molecule has 0 aliphatic carbocycles. The first-order chi connectivity index (χ1) is 28.0. The van der Waals surface area contributed by atoms with Gasteiger partial charge >= 0.3 is 0 Å². The number of fused-ring (bicyclic) bond motifs is 2. The van der Waals surface area contributed by atoms with Crippen LogP contribution < -0.4 is 5.73 Å². The Morgan fingerprint density at radius 3 is 1.33 bits per heavy atom. The number of aromatic hydroxyl groups is 1. The van der Waals surface area contributed by atoms with E-state index in [1.165, 1.54) is 26.8 Å². The van der Waals surface area contributed by atoms with Crippen molar-refractivity contribution in [2.45, 2.75) is 67.1 Å². The summed E-state index contributed by atoms with van der Waals surface area (Å²) in [6.07, 6.45) is 0. The Morgan fingerprint density at radius 2 is 0.934 bits per heavy atom. The molecule has 0 radical (unpaired) electrons. The number of rotatable bonds is 5. The summed E-state index contributed by atoms with van der Waals surface area (Å²) in [5.74, 6) is 0.447. The Kier molecular flexibility index (Phi) is 14.7. The summed E-state index contributed by atoms with van der Waals surface area (Å²) < 4.78 is 88.4. The maximum Gasteiger partial charge on any atom is 0.266 e. The minimum Gasteiger partial charge on any atom is -0.504 e. The zero-order valence-electron chi connectivity index (χ0n) is 34.8. The average Bonchev–Trinajstić information content (AvgIpc) is 3.79. The van der Waals surface area contributed by atoms with Crippen molar-refractivity contribution in [2.24, 2.45) is 0 Å². The van der Waals surface area contributed by atoms with Crippen molar-refractivity contribution in [1.29, 1.82) is 0 Å². The molecule has 3 N–H and O–H groups in total. The molecule has 336 valence electrons. The molecule has 61 heavy (non-hydrogen) atoms. The van der Waals surface area contributed by atoms with Crippen LogP contribution in [0.5, 0.6) is 5.75 Å². The van der Waals surface area contributed by atoms with Gasteiger partial charge in [0.25, 0.3) is 9.05 Å². The molecule has 2 fully saturated rings. The SMILES string of the molecule is CC(C)(C)c1nc2ccc(Cl)c(S(=O)(=O)Cl)c2o1.CN1CCN(S(=O)(=O)c2c(Cl)ccc(N)c2O)CC1.CN1CCN(S(=O)(=O)c2c(Cl)ccc3nc(C(C)(C)C)oc23)CC1. The smallest absolute Gasteiger partial charge is 0.266 e. The molecule has 4 heterocycles. The predicted octanol–water partition coefficient (Wildman–Crippen LogP) is 6.98. The Labute approximate surface area is 376 Å². The molecule has 3 aromatic carbocycles. The highest BCUT2D eigenvalue weighted by atomic mass is 35.7. The first-order valence-corrected chi connectivity index (χ1v) is 25.2. The summed E-state index contributed by atoms with van der Waals surface area (Å²) in [4.78, 5) is 12.3. The monoisotopic (exact) mass is 983 g/mol. The fourth-order valence-electron chi connectivity index (χ4n) is 6.12. The first kappa shape index (κ1) is 49.1. The summed E-state index contributed by atoms with van der Waals surface area (Å²) in [5.41, 5.74) is 6.15. The lowest BCUT2D eigenvalue weighted by molar-refractivity contribution is 0.222. The van der Waals surface area contributed by atoms with Gasteiger partial charge in [0.1, 0.15) is 25.7 Å². The van der Waals surface area contributed by atoms with Crippen molar-refractivity contribution in [3.05, 3.63) is 63.2 Å². The van der Waals surface area contributed by atoms with Gasteiger partial charge in [0, 0.05) is 73.9 Å². The normalized spacial score (nSPS) is 16.9. The predicted molar refractivity (Wildman–Crippen MR) is 239 cm³/mol. The van der Waals surface area contributed by atoms with E-state index in [4.69, 9.17) is 60.1 Å². The van der Waals surface area contributed by atoms with Crippen LogP contribution in [0, 0.1) is 0 Å². The van der Waals surface area contributed by atoms with Crippen molar-refractivity contribution < 1.29 is 39.2 Å². The molecule has 16 nitrogen and oxygen atoms in total. The van der Waals surface area contributed by atoms with Crippen molar-refractivity contribution in [2.75, 3.05) is 72.2 Å². The fraction of sp³-hybridized carbons (Fsp3) is 0.474. The minimum absolute atomic E-state index is 0.00268. The lowest BCUT2D eigenvalue weighted by atomic mass is 9.97. The van der Waals surface area contributed by atoms with Gasteiger partial charge in [-0.15, -0.1) is 0 Å². The van der Waals surface area contributed by atoms with Gasteiger partial charge < -0.3 is 29.5 Å². The van der Waals surface area contributed by atoms with E-state index in [1.807, 2.05) is 60.5 Å². The third kappa shape index (κ3) is 10.9. The first-order valence-electron chi connectivity index (χ1n) is 18.8. The van der Waals surface area contributed by atoms with Crippen LogP contribution >= 0.6 is 45.5 Å². The van der Waals surface area contributed by atoms with Crippen LogP contribution in [-0.2, 0) is 39.9 Å². The molecular weight excluding hydrogens is 936 g/mol. The van der Waals surface area contributed by atoms with Gasteiger partial charge in [-0.25, -0.2) is 35.2 Å². The number of nitrogens with two attached hydrogens (primary N) is 1. The van der Waals surface area contributed by atoms with Crippen molar-refractivity contribution in [3.63, 3.8) is 0 Å². The molecule has 23 heteroatoms. The number of oxazole rings is 2. The number of phenolic OH excluding ortho intramolecular Hbond substituents is 1. The zero-order chi connectivity index (χ0) is 45.6. The lowest BCUT2D eigenvalue weighted by Crippen LogP contribution is -2.47. The van der Waals surface area contributed by atoms with Crippen LogP contribution in [0.25, 0.3) is 22.2 Å². The van der Waals surface area contributed by atoms with Gasteiger partial charge in [-0.3, -0.25) is 0 Å². The minimum atomic E-state index is -3.99. The second kappa shape index (κ2) is 18.3. The van der Waals surface area contributed by atoms with Crippen molar-refractivity contribution in [1.82, 2.24) is 28.4 Å². The van der Waals surface area contributed by atoms with Crippen LogP contribution in [0.2, 0.25) is 15.1 Å². The number of nitrogen functional groups attached to an aromatic ring is 1. The van der Waals surface area contributed by atoms with E-state index in [-0.39, 0.29) is 57.4 Å². The number of halogens is 4. The third-order valence-corrected chi connectivity index (χ3v) is 16.3. The van der Waals surface area contributed by atoms with Gasteiger partial charge in [0.05, 0.1) is 20.8 Å². The molecule has 0 atom stereocenters. The molecule has 2 aromatic heterocycles. The highest BCUT2D eigenvalue weighted by Crippen LogP contribution is 2.39. The second-order valence-corrected chi connectivity index (χ2v) is 24.1.